The van der Waals surface area contributed by atoms with Crippen LogP contribution in [0.1, 0.15) is 5.56 Å². The van der Waals surface area contributed by atoms with Crippen LogP contribution in [0.15, 0.2) is 42.5 Å². The molecule has 0 amide bonds. The maximum Gasteiger partial charge on any atom is -0.00670 e. The monoisotopic (exact) mass is 166 g/mol. The van der Waals surface area contributed by atoms with Crippen molar-refractivity contribution in [3.63, 3.8) is 0 Å². The van der Waals surface area contributed by atoms with Gasteiger partial charge in [0.15, 0.2) is 0 Å². The molecule has 0 aliphatic heterocycles. The molecule has 0 fully saturated rings. The molecule has 0 bridgehead atoms. The molecule has 0 nitrogen and oxygen atoms in total. The Morgan fingerprint density at radius 1 is 0.923 bits per heavy atom. The Morgan fingerprint density at radius 2 is 1.77 bits per heavy atom. The Morgan fingerprint density at radius 3 is 2.46 bits per heavy atom. The van der Waals surface area contributed by atoms with Crippen molar-refractivity contribution in [2.24, 2.45) is 0 Å². The first-order valence-corrected chi connectivity index (χ1v) is 4.32. The molecule has 2 aromatic rings. The number of rotatable bonds is 1. The fourth-order valence-corrected chi connectivity index (χ4v) is 1.30. The van der Waals surface area contributed by atoms with E-state index in [2.05, 4.69) is 18.2 Å². The standard InChI is InChI=1S/C13H10/c1-11-6-5-9-13(10-11)12-7-3-2-4-8-12/h2-7,9H,1H3. The lowest BCUT2D eigenvalue weighted by Crippen LogP contribution is -1.78. The van der Waals surface area contributed by atoms with Crippen molar-refractivity contribution in [2.75, 3.05) is 0 Å². The summed E-state index contributed by atoms with van der Waals surface area (Å²) in [6, 6.07) is 20.6. The zero-order valence-electron chi connectivity index (χ0n) is 7.54. The van der Waals surface area contributed by atoms with Crippen LogP contribution in [0.4, 0.5) is 0 Å². The first kappa shape index (κ1) is 8.06. The second kappa shape index (κ2) is 3.44. The van der Waals surface area contributed by atoms with E-state index in [4.69, 9.17) is 0 Å². The summed E-state index contributed by atoms with van der Waals surface area (Å²) in [6.45, 7) is 2.05. The summed E-state index contributed by atoms with van der Waals surface area (Å²) in [5.41, 5.74) is 3.38. The second-order valence-electron chi connectivity index (χ2n) is 3.02. The van der Waals surface area contributed by atoms with Gasteiger partial charge in [-0.05, 0) is 35.7 Å². The molecule has 0 heteroatoms. The van der Waals surface area contributed by atoms with Gasteiger partial charge in [0.25, 0.3) is 0 Å². The molecular weight excluding hydrogens is 156 g/mol. The molecule has 62 valence electrons. The molecule has 0 saturated heterocycles. The molecule has 0 spiro atoms. The molecule has 2 rings (SSSR count). The molecule has 0 saturated carbocycles. The average molecular weight is 166 g/mol. The van der Waals surface area contributed by atoms with E-state index in [1.807, 2.05) is 43.3 Å². The zero-order valence-corrected chi connectivity index (χ0v) is 7.54. The van der Waals surface area contributed by atoms with Gasteiger partial charge in [-0.2, -0.15) is 0 Å². The van der Waals surface area contributed by atoms with E-state index in [1.165, 1.54) is 0 Å². The van der Waals surface area contributed by atoms with Gasteiger partial charge in [0.05, 0.1) is 0 Å². The van der Waals surface area contributed by atoms with Crippen molar-refractivity contribution >= 4 is 0 Å². The van der Waals surface area contributed by atoms with E-state index in [-0.39, 0.29) is 0 Å². The van der Waals surface area contributed by atoms with Gasteiger partial charge >= 0.3 is 0 Å². The van der Waals surface area contributed by atoms with Crippen LogP contribution in [-0.4, -0.2) is 0 Å². The largest absolute Gasteiger partial charge is 0.0616 e. The maximum atomic E-state index is 3.29. The lowest BCUT2D eigenvalue weighted by Gasteiger charge is -2.00. The van der Waals surface area contributed by atoms with Gasteiger partial charge in [-0.3, -0.25) is 0 Å². The van der Waals surface area contributed by atoms with Crippen LogP contribution in [0, 0.1) is 19.1 Å². The first-order valence-electron chi connectivity index (χ1n) is 4.32. The minimum atomic E-state index is 1.10. The fraction of sp³-hybridized carbons (Fsp3) is 0.0769. The van der Waals surface area contributed by atoms with Gasteiger partial charge in [0.2, 0.25) is 0 Å². The summed E-state index contributed by atoms with van der Waals surface area (Å²) in [5, 5.41) is 0. The third-order valence-corrected chi connectivity index (χ3v) is 1.94. The SMILES string of the molecule is Cc1[c]c(-c2[c]cccc2)ccc1. The fourth-order valence-electron chi connectivity index (χ4n) is 1.30. The molecule has 0 N–H and O–H groups in total. The number of aryl methyl sites for hydroxylation is 1. The highest BCUT2D eigenvalue weighted by atomic mass is 14.0. The van der Waals surface area contributed by atoms with Crippen LogP contribution in [-0.2, 0) is 0 Å². The summed E-state index contributed by atoms with van der Waals surface area (Å²) in [7, 11) is 0. The van der Waals surface area contributed by atoms with E-state index >= 15 is 0 Å². The van der Waals surface area contributed by atoms with E-state index < -0.39 is 0 Å². The van der Waals surface area contributed by atoms with Crippen molar-refractivity contribution in [2.45, 2.75) is 6.92 Å². The van der Waals surface area contributed by atoms with Crippen LogP contribution in [0.25, 0.3) is 11.1 Å². The predicted molar refractivity (Wildman–Crippen MR) is 54.3 cm³/mol. The highest BCUT2D eigenvalue weighted by Gasteiger charge is 1.95. The van der Waals surface area contributed by atoms with Gasteiger partial charge in [0.1, 0.15) is 0 Å². The smallest absolute Gasteiger partial charge is 0.00670 e. The van der Waals surface area contributed by atoms with Gasteiger partial charge in [0, 0.05) is 0 Å². The van der Waals surface area contributed by atoms with E-state index in [0.29, 0.717) is 0 Å². The molecule has 0 atom stereocenters. The predicted octanol–water partition coefficient (Wildman–Crippen LogP) is 3.26. The molecule has 2 aromatic carbocycles. The zero-order chi connectivity index (χ0) is 9.10. The summed E-state index contributed by atoms with van der Waals surface area (Å²) in [5.74, 6) is 0. The van der Waals surface area contributed by atoms with Crippen molar-refractivity contribution in [1.29, 1.82) is 0 Å². The Kier molecular flexibility index (Phi) is 2.13. The van der Waals surface area contributed by atoms with Crippen molar-refractivity contribution in [1.82, 2.24) is 0 Å². The normalized spacial score (nSPS) is 9.92. The van der Waals surface area contributed by atoms with Crippen LogP contribution < -0.4 is 0 Å². The Hall–Kier alpha value is -1.56. The topological polar surface area (TPSA) is 0 Å². The van der Waals surface area contributed by atoms with E-state index in [1.54, 1.807) is 0 Å². The maximum absolute atomic E-state index is 3.29. The lowest BCUT2D eigenvalue weighted by atomic mass is 10.0. The quantitative estimate of drug-likeness (QED) is 0.610. The average Bonchev–Trinajstić information content (AvgIpc) is 2.19. The van der Waals surface area contributed by atoms with Crippen molar-refractivity contribution in [3.05, 3.63) is 60.2 Å². The highest BCUT2D eigenvalue weighted by Crippen LogP contribution is 2.17. The summed E-state index contributed by atoms with van der Waals surface area (Å²) in [6.07, 6.45) is 0. The third-order valence-electron chi connectivity index (χ3n) is 1.94. The highest BCUT2D eigenvalue weighted by molar-refractivity contribution is 5.62. The third kappa shape index (κ3) is 1.78. The Bertz CT molecular complexity index is 388. The van der Waals surface area contributed by atoms with Crippen LogP contribution in [0.3, 0.4) is 0 Å². The summed E-state index contributed by atoms with van der Waals surface area (Å²) >= 11 is 0. The van der Waals surface area contributed by atoms with Crippen molar-refractivity contribution < 1.29 is 0 Å². The lowest BCUT2D eigenvalue weighted by molar-refractivity contribution is 1.45. The van der Waals surface area contributed by atoms with Crippen LogP contribution in [0.2, 0.25) is 0 Å². The van der Waals surface area contributed by atoms with Crippen LogP contribution >= 0.6 is 0 Å². The van der Waals surface area contributed by atoms with E-state index in [0.717, 1.165) is 16.7 Å². The minimum absolute atomic E-state index is 1.10. The van der Waals surface area contributed by atoms with Gasteiger partial charge in [-0.1, -0.05) is 42.5 Å². The Labute approximate surface area is 78.9 Å². The molecule has 0 heterocycles. The van der Waals surface area contributed by atoms with E-state index in [9.17, 15) is 0 Å². The number of benzene rings is 2. The van der Waals surface area contributed by atoms with Gasteiger partial charge in [-0.25, -0.2) is 0 Å². The molecule has 0 aromatic heterocycles. The van der Waals surface area contributed by atoms with Crippen molar-refractivity contribution in [3.8, 4) is 11.1 Å². The number of hydrogen-bond acceptors (Lipinski definition) is 0. The second-order valence-corrected chi connectivity index (χ2v) is 3.02. The molecule has 0 aliphatic carbocycles. The molecule has 0 unspecified atom stereocenters. The molecule has 0 aliphatic rings. The van der Waals surface area contributed by atoms with Gasteiger partial charge < -0.3 is 0 Å². The first-order chi connectivity index (χ1) is 6.36. The summed E-state index contributed by atoms with van der Waals surface area (Å²) < 4.78 is 0. The van der Waals surface area contributed by atoms with Crippen LogP contribution in [0.5, 0.6) is 0 Å². The molecular formula is C13H10. The van der Waals surface area contributed by atoms with Gasteiger partial charge in [-0.15, -0.1) is 0 Å². The molecule has 13 heavy (non-hydrogen) atoms. The molecule has 2 radical (unpaired) electrons. The minimum Gasteiger partial charge on any atom is -0.0616 e. The summed E-state index contributed by atoms with van der Waals surface area (Å²) in [4.78, 5) is 0. The number of hydrogen-bond donors (Lipinski definition) is 0. The Balaban J connectivity index is 2.48.